The second-order valence-electron chi connectivity index (χ2n) is 3.74. The molecule has 1 amide bonds. The first kappa shape index (κ1) is 9.71. The molecule has 0 spiro atoms. The number of benzene rings is 1. The van der Waals surface area contributed by atoms with E-state index in [0.29, 0.717) is 5.56 Å². The highest BCUT2D eigenvalue weighted by Crippen LogP contribution is 2.20. The number of nitrogens with two attached hydrogens (primary N) is 1. The summed E-state index contributed by atoms with van der Waals surface area (Å²) in [4.78, 5) is 15.5. The van der Waals surface area contributed by atoms with Crippen LogP contribution in [0, 0.1) is 13.8 Å². The molecule has 0 atom stereocenters. The first-order chi connectivity index (χ1) is 7.00. The summed E-state index contributed by atoms with van der Waals surface area (Å²) in [6, 6.07) is 3.56. The number of primary amides is 1. The Labute approximate surface area is 87.7 Å². The Hall–Kier alpha value is -1.84. The molecule has 2 aromatic rings. The predicted molar refractivity (Wildman–Crippen MR) is 58.7 cm³/mol. The van der Waals surface area contributed by atoms with Gasteiger partial charge in [-0.3, -0.25) is 4.79 Å². The maximum Gasteiger partial charge on any atom is 0.248 e. The van der Waals surface area contributed by atoms with E-state index < -0.39 is 5.91 Å². The molecule has 0 saturated carbocycles. The van der Waals surface area contributed by atoms with Gasteiger partial charge in [0.25, 0.3) is 0 Å². The van der Waals surface area contributed by atoms with Gasteiger partial charge >= 0.3 is 0 Å². The molecule has 0 fully saturated rings. The van der Waals surface area contributed by atoms with Crippen LogP contribution in [0.3, 0.4) is 0 Å². The average Bonchev–Trinajstić information content (AvgIpc) is 2.45. The van der Waals surface area contributed by atoms with Gasteiger partial charge in [0.15, 0.2) is 0 Å². The largest absolute Gasteiger partial charge is 0.366 e. The number of aromatic nitrogens is 2. The fourth-order valence-corrected chi connectivity index (χ4v) is 1.72. The van der Waals surface area contributed by atoms with E-state index in [9.17, 15) is 4.79 Å². The van der Waals surface area contributed by atoms with Crippen LogP contribution >= 0.6 is 0 Å². The number of carbonyl (C=O) groups excluding carboxylic acids is 1. The second kappa shape index (κ2) is 3.08. The van der Waals surface area contributed by atoms with Crippen molar-refractivity contribution >= 4 is 16.9 Å². The molecule has 0 aliphatic rings. The summed E-state index contributed by atoms with van der Waals surface area (Å²) in [5.74, 6) is 0.522. The smallest absolute Gasteiger partial charge is 0.248 e. The van der Waals surface area contributed by atoms with E-state index in [4.69, 9.17) is 5.73 Å². The zero-order valence-corrected chi connectivity index (χ0v) is 9.03. The van der Waals surface area contributed by atoms with Gasteiger partial charge in [0.2, 0.25) is 5.91 Å². The summed E-state index contributed by atoms with van der Waals surface area (Å²) < 4.78 is 1.95. The Balaban J connectivity index is 2.85. The lowest BCUT2D eigenvalue weighted by molar-refractivity contribution is 0.100. The van der Waals surface area contributed by atoms with Crippen LogP contribution in [0.4, 0.5) is 0 Å². The minimum Gasteiger partial charge on any atom is -0.366 e. The number of hydrogen-bond acceptors (Lipinski definition) is 2. The molecule has 0 bridgehead atoms. The van der Waals surface area contributed by atoms with E-state index in [0.717, 1.165) is 22.4 Å². The van der Waals surface area contributed by atoms with Crippen molar-refractivity contribution in [3.63, 3.8) is 0 Å². The molecule has 15 heavy (non-hydrogen) atoms. The van der Waals surface area contributed by atoms with Gasteiger partial charge in [0.05, 0.1) is 11.0 Å². The van der Waals surface area contributed by atoms with E-state index in [2.05, 4.69) is 4.98 Å². The maximum atomic E-state index is 11.1. The molecule has 0 saturated heterocycles. The highest BCUT2D eigenvalue weighted by atomic mass is 16.1. The Bertz CT molecular complexity index is 554. The molecule has 1 heterocycles. The first-order valence-corrected chi connectivity index (χ1v) is 4.74. The summed E-state index contributed by atoms with van der Waals surface area (Å²) in [7, 11) is 1.93. The van der Waals surface area contributed by atoms with E-state index in [-0.39, 0.29) is 0 Å². The highest BCUT2D eigenvalue weighted by Gasteiger charge is 2.10. The molecule has 2 N–H and O–H groups in total. The van der Waals surface area contributed by atoms with Gasteiger partial charge in [-0.05, 0) is 31.5 Å². The fourth-order valence-electron chi connectivity index (χ4n) is 1.72. The van der Waals surface area contributed by atoms with Crippen molar-refractivity contribution in [1.82, 2.24) is 9.55 Å². The second-order valence-corrected chi connectivity index (χ2v) is 3.74. The number of amides is 1. The summed E-state index contributed by atoms with van der Waals surface area (Å²) in [6.45, 7) is 3.87. The number of imidazole rings is 1. The molecular weight excluding hydrogens is 190 g/mol. The van der Waals surface area contributed by atoms with E-state index in [1.807, 2.05) is 25.5 Å². The van der Waals surface area contributed by atoms with Gasteiger partial charge in [-0.2, -0.15) is 0 Å². The van der Waals surface area contributed by atoms with Crippen molar-refractivity contribution in [2.75, 3.05) is 0 Å². The zero-order chi connectivity index (χ0) is 11.2. The van der Waals surface area contributed by atoms with Crippen LogP contribution in [-0.2, 0) is 7.05 Å². The molecule has 0 aliphatic heterocycles. The van der Waals surface area contributed by atoms with Crippen LogP contribution in [0.1, 0.15) is 21.7 Å². The van der Waals surface area contributed by atoms with Crippen molar-refractivity contribution in [3.05, 3.63) is 29.1 Å². The number of hydrogen-bond donors (Lipinski definition) is 1. The first-order valence-electron chi connectivity index (χ1n) is 4.74. The molecule has 1 aromatic carbocycles. The third kappa shape index (κ3) is 1.38. The standard InChI is InChI=1S/C11H13N3O/c1-6-4-8(11(12)15)5-9-10(6)13-7(2)14(9)3/h4-5H,1-3H3,(H2,12,15). The quantitative estimate of drug-likeness (QED) is 0.759. The minimum absolute atomic E-state index is 0.404. The molecule has 0 radical (unpaired) electrons. The van der Waals surface area contributed by atoms with Crippen molar-refractivity contribution in [2.24, 2.45) is 12.8 Å². The molecule has 1 aromatic heterocycles. The number of aryl methyl sites for hydroxylation is 3. The summed E-state index contributed by atoms with van der Waals surface area (Å²) in [5.41, 5.74) is 8.65. The van der Waals surface area contributed by atoms with Crippen molar-refractivity contribution < 1.29 is 4.79 Å². The number of rotatable bonds is 1. The zero-order valence-electron chi connectivity index (χ0n) is 9.03. The Morgan fingerprint density at radius 2 is 2.07 bits per heavy atom. The van der Waals surface area contributed by atoms with Crippen LogP contribution < -0.4 is 5.73 Å². The van der Waals surface area contributed by atoms with E-state index in [1.54, 1.807) is 12.1 Å². The third-order valence-electron chi connectivity index (χ3n) is 2.69. The van der Waals surface area contributed by atoms with E-state index >= 15 is 0 Å². The summed E-state index contributed by atoms with van der Waals surface area (Å²) in [5, 5.41) is 0. The van der Waals surface area contributed by atoms with Gasteiger partial charge in [-0.1, -0.05) is 0 Å². The molecule has 0 unspecified atom stereocenters. The van der Waals surface area contributed by atoms with Gasteiger partial charge in [0.1, 0.15) is 5.82 Å². The Morgan fingerprint density at radius 3 is 2.67 bits per heavy atom. The molecule has 4 heteroatoms. The Morgan fingerprint density at radius 1 is 1.40 bits per heavy atom. The lowest BCUT2D eigenvalue weighted by atomic mass is 10.1. The van der Waals surface area contributed by atoms with Crippen molar-refractivity contribution in [3.8, 4) is 0 Å². The normalized spacial score (nSPS) is 10.9. The van der Waals surface area contributed by atoms with Crippen LogP contribution in [0.25, 0.3) is 11.0 Å². The minimum atomic E-state index is -0.404. The van der Waals surface area contributed by atoms with Crippen LogP contribution in [0.5, 0.6) is 0 Å². The van der Waals surface area contributed by atoms with Crippen LogP contribution in [0.2, 0.25) is 0 Å². The number of nitrogens with zero attached hydrogens (tertiary/aromatic N) is 2. The number of fused-ring (bicyclic) bond motifs is 1. The van der Waals surface area contributed by atoms with Crippen LogP contribution in [-0.4, -0.2) is 15.5 Å². The van der Waals surface area contributed by atoms with Gasteiger partial charge in [-0.25, -0.2) is 4.98 Å². The van der Waals surface area contributed by atoms with Crippen LogP contribution in [0.15, 0.2) is 12.1 Å². The molecule has 78 valence electrons. The fraction of sp³-hybridized carbons (Fsp3) is 0.273. The SMILES string of the molecule is Cc1cc(C(N)=O)cc2c1nc(C)n2C. The lowest BCUT2D eigenvalue weighted by Crippen LogP contribution is -2.11. The molecular formula is C11H13N3O. The third-order valence-corrected chi connectivity index (χ3v) is 2.69. The Kier molecular flexibility index (Phi) is 2.00. The lowest BCUT2D eigenvalue weighted by Gasteiger charge is -2.01. The van der Waals surface area contributed by atoms with Crippen molar-refractivity contribution in [1.29, 1.82) is 0 Å². The predicted octanol–water partition coefficient (Wildman–Crippen LogP) is 1.29. The maximum absolute atomic E-state index is 11.1. The molecule has 0 aliphatic carbocycles. The van der Waals surface area contributed by atoms with Gasteiger partial charge in [0, 0.05) is 12.6 Å². The summed E-state index contributed by atoms with van der Waals surface area (Å²) in [6.07, 6.45) is 0. The molecule has 4 nitrogen and oxygen atoms in total. The van der Waals surface area contributed by atoms with Gasteiger partial charge in [-0.15, -0.1) is 0 Å². The number of carbonyl (C=O) groups is 1. The van der Waals surface area contributed by atoms with E-state index in [1.165, 1.54) is 0 Å². The summed E-state index contributed by atoms with van der Waals surface area (Å²) >= 11 is 0. The van der Waals surface area contributed by atoms with Gasteiger partial charge < -0.3 is 10.3 Å². The highest BCUT2D eigenvalue weighted by molar-refractivity contribution is 5.97. The topological polar surface area (TPSA) is 60.9 Å². The van der Waals surface area contributed by atoms with Crippen molar-refractivity contribution in [2.45, 2.75) is 13.8 Å². The molecule has 2 rings (SSSR count). The average molecular weight is 203 g/mol. The monoisotopic (exact) mass is 203 g/mol.